The topological polar surface area (TPSA) is 64.2 Å². The molecule has 2 N–H and O–H groups in total. The molecule has 1 amide bonds. The zero-order chi connectivity index (χ0) is 14.8. The average molecular weight is 280 g/mol. The number of aromatic nitrogens is 2. The lowest BCUT2D eigenvalue weighted by atomic mass is 10.2. The Morgan fingerprint density at radius 1 is 1.19 bits per heavy atom. The minimum Gasteiger partial charge on any atom is -0.399 e. The summed E-state index contributed by atoms with van der Waals surface area (Å²) in [4.78, 5) is 18.3. The molecule has 3 rings (SSSR count). The molecule has 0 spiro atoms. The fraction of sp³-hybridized carbons (Fsp3) is 0.125. The van der Waals surface area contributed by atoms with Crippen LogP contribution in [-0.4, -0.2) is 22.5 Å². The summed E-state index contributed by atoms with van der Waals surface area (Å²) < 4.78 is 1.85. The second kappa shape index (κ2) is 5.28. The van der Waals surface area contributed by atoms with Crippen LogP contribution >= 0.6 is 0 Å². The van der Waals surface area contributed by atoms with Gasteiger partial charge < -0.3 is 15.2 Å². The third kappa shape index (κ3) is 2.58. The number of amides is 1. The van der Waals surface area contributed by atoms with Crippen LogP contribution in [0, 0.1) is 0 Å². The molecule has 0 aliphatic carbocycles. The monoisotopic (exact) mass is 280 g/mol. The van der Waals surface area contributed by atoms with Gasteiger partial charge in [0.2, 0.25) is 5.91 Å². The minimum atomic E-state index is -0.0112. The number of likely N-dealkylation sites (N-methyl/N-ethyl adjacent to an activating group) is 1. The van der Waals surface area contributed by atoms with E-state index in [1.165, 1.54) is 0 Å². The first-order chi connectivity index (χ1) is 10.1. The van der Waals surface area contributed by atoms with Gasteiger partial charge in [-0.05, 0) is 36.4 Å². The Kier molecular flexibility index (Phi) is 3.31. The molecule has 21 heavy (non-hydrogen) atoms. The number of nitrogen functional groups attached to an aromatic ring is 1. The Hall–Kier alpha value is -2.82. The average Bonchev–Trinajstić information content (AvgIpc) is 2.91. The first-order valence-electron chi connectivity index (χ1n) is 6.67. The summed E-state index contributed by atoms with van der Waals surface area (Å²) in [7, 11) is 1.76. The van der Waals surface area contributed by atoms with Crippen LogP contribution in [-0.2, 0) is 11.3 Å². The lowest BCUT2D eigenvalue weighted by Gasteiger charge is -2.18. The molecule has 0 bridgehead atoms. The molecule has 0 aliphatic rings. The SMILES string of the molecule is CN(C(=O)Cn1cnc2ccccc21)c1ccc(N)cc1. The van der Waals surface area contributed by atoms with Gasteiger partial charge in [0.05, 0.1) is 17.4 Å². The number of hydrogen-bond donors (Lipinski definition) is 1. The van der Waals surface area contributed by atoms with E-state index in [4.69, 9.17) is 5.73 Å². The van der Waals surface area contributed by atoms with Gasteiger partial charge in [-0.25, -0.2) is 4.98 Å². The number of hydrogen-bond acceptors (Lipinski definition) is 3. The molecule has 5 heteroatoms. The van der Waals surface area contributed by atoms with Crippen molar-refractivity contribution >= 4 is 28.3 Å². The zero-order valence-electron chi connectivity index (χ0n) is 11.7. The van der Waals surface area contributed by atoms with Crippen molar-refractivity contribution in [3.05, 3.63) is 54.9 Å². The van der Waals surface area contributed by atoms with Gasteiger partial charge in [-0.15, -0.1) is 0 Å². The second-order valence-corrected chi connectivity index (χ2v) is 4.91. The number of benzene rings is 2. The van der Waals surface area contributed by atoms with Gasteiger partial charge in [0.25, 0.3) is 0 Å². The highest BCUT2D eigenvalue weighted by Gasteiger charge is 2.13. The molecule has 1 aromatic heterocycles. The first kappa shape index (κ1) is 13.2. The maximum Gasteiger partial charge on any atom is 0.246 e. The Balaban J connectivity index is 1.81. The van der Waals surface area contributed by atoms with Gasteiger partial charge in [0, 0.05) is 18.4 Å². The van der Waals surface area contributed by atoms with E-state index in [0.29, 0.717) is 5.69 Å². The van der Waals surface area contributed by atoms with Crippen LogP contribution in [0.25, 0.3) is 11.0 Å². The van der Waals surface area contributed by atoms with Crippen molar-refractivity contribution in [2.24, 2.45) is 0 Å². The molecular formula is C16H16N4O. The molecule has 0 unspecified atom stereocenters. The van der Waals surface area contributed by atoms with Crippen molar-refractivity contribution in [3.8, 4) is 0 Å². The molecule has 0 saturated carbocycles. The third-order valence-electron chi connectivity index (χ3n) is 3.49. The van der Waals surface area contributed by atoms with E-state index in [-0.39, 0.29) is 12.5 Å². The number of carbonyl (C=O) groups excluding carboxylic acids is 1. The lowest BCUT2D eigenvalue weighted by Crippen LogP contribution is -2.29. The van der Waals surface area contributed by atoms with E-state index in [9.17, 15) is 4.79 Å². The van der Waals surface area contributed by atoms with Crippen LogP contribution in [0.5, 0.6) is 0 Å². The smallest absolute Gasteiger partial charge is 0.246 e. The number of anilines is 2. The predicted molar refractivity (Wildman–Crippen MR) is 84.0 cm³/mol. The summed E-state index contributed by atoms with van der Waals surface area (Å²) in [6.07, 6.45) is 1.69. The number of fused-ring (bicyclic) bond motifs is 1. The van der Waals surface area contributed by atoms with Crippen LogP contribution < -0.4 is 10.6 Å². The summed E-state index contributed by atoms with van der Waals surface area (Å²) in [5.41, 5.74) is 9.00. The normalized spacial score (nSPS) is 10.7. The maximum atomic E-state index is 12.4. The number of nitrogens with two attached hydrogens (primary N) is 1. The largest absolute Gasteiger partial charge is 0.399 e. The lowest BCUT2D eigenvalue weighted by molar-refractivity contribution is -0.118. The van der Waals surface area contributed by atoms with Crippen molar-refractivity contribution in [1.82, 2.24) is 9.55 Å². The van der Waals surface area contributed by atoms with Crippen LogP contribution in [0.4, 0.5) is 11.4 Å². The summed E-state index contributed by atoms with van der Waals surface area (Å²) in [5, 5.41) is 0. The standard InChI is InChI=1S/C16H16N4O/c1-19(13-8-6-12(17)7-9-13)16(21)10-20-11-18-14-4-2-3-5-15(14)20/h2-9,11H,10,17H2,1H3. The molecule has 2 aromatic carbocycles. The Morgan fingerprint density at radius 2 is 1.90 bits per heavy atom. The van der Waals surface area contributed by atoms with Crippen LogP contribution in [0.3, 0.4) is 0 Å². The molecule has 106 valence electrons. The molecule has 0 aliphatic heterocycles. The van der Waals surface area contributed by atoms with E-state index < -0.39 is 0 Å². The van der Waals surface area contributed by atoms with E-state index in [2.05, 4.69) is 4.98 Å². The summed E-state index contributed by atoms with van der Waals surface area (Å²) in [6, 6.07) is 15.0. The van der Waals surface area contributed by atoms with E-state index in [1.54, 1.807) is 30.4 Å². The van der Waals surface area contributed by atoms with Crippen molar-refractivity contribution in [3.63, 3.8) is 0 Å². The number of rotatable bonds is 3. The molecule has 0 atom stereocenters. The Bertz CT molecular complexity index is 776. The van der Waals surface area contributed by atoms with Crippen LogP contribution in [0.15, 0.2) is 54.9 Å². The highest BCUT2D eigenvalue weighted by atomic mass is 16.2. The number of carbonyl (C=O) groups is 1. The number of para-hydroxylation sites is 2. The van der Waals surface area contributed by atoms with Gasteiger partial charge in [-0.2, -0.15) is 0 Å². The minimum absolute atomic E-state index is 0.0112. The van der Waals surface area contributed by atoms with Gasteiger partial charge in [0.1, 0.15) is 6.54 Å². The highest BCUT2D eigenvalue weighted by Crippen LogP contribution is 2.16. The summed E-state index contributed by atoms with van der Waals surface area (Å²) in [6.45, 7) is 0.251. The van der Waals surface area contributed by atoms with E-state index in [1.807, 2.05) is 41.0 Å². The molecule has 3 aromatic rings. The molecule has 0 saturated heterocycles. The van der Waals surface area contributed by atoms with Crippen LogP contribution in [0.1, 0.15) is 0 Å². The quantitative estimate of drug-likeness (QED) is 0.749. The molecule has 1 heterocycles. The number of imidazole rings is 1. The first-order valence-corrected chi connectivity index (χ1v) is 6.67. The van der Waals surface area contributed by atoms with Crippen molar-refractivity contribution < 1.29 is 4.79 Å². The Morgan fingerprint density at radius 3 is 2.67 bits per heavy atom. The fourth-order valence-electron chi connectivity index (χ4n) is 2.23. The third-order valence-corrected chi connectivity index (χ3v) is 3.49. The molecule has 5 nitrogen and oxygen atoms in total. The van der Waals surface area contributed by atoms with Crippen LogP contribution in [0.2, 0.25) is 0 Å². The molecule has 0 fully saturated rings. The second-order valence-electron chi connectivity index (χ2n) is 4.91. The Labute approximate surface area is 122 Å². The van der Waals surface area contributed by atoms with Gasteiger partial charge in [-0.3, -0.25) is 4.79 Å². The molecular weight excluding hydrogens is 264 g/mol. The van der Waals surface area contributed by atoms with Crippen molar-refractivity contribution in [2.75, 3.05) is 17.7 Å². The van der Waals surface area contributed by atoms with E-state index in [0.717, 1.165) is 16.7 Å². The van der Waals surface area contributed by atoms with Gasteiger partial charge >= 0.3 is 0 Å². The predicted octanol–water partition coefficient (Wildman–Crippen LogP) is 2.28. The summed E-state index contributed by atoms with van der Waals surface area (Å²) in [5.74, 6) is -0.0112. The maximum absolute atomic E-state index is 12.4. The fourth-order valence-corrected chi connectivity index (χ4v) is 2.23. The molecule has 0 radical (unpaired) electrons. The van der Waals surface area contributed by atoms with Gasteiger partial charge in [-0.1, -0.05) is 12.1 Å². The summed E-state index contributed by atoms with van der Waals surface area (Å²) >= 11 is 0. The number of nitrogens with zero attached hydrogens (tertiary/aromatic N) is 3. The van der Waals surface area contributed by atoms with Crippen molar-refractivity contribution in [2.45, 2.75) is 6.54 Å². The highest BCUT2D eigenvalue weighted by molar-refractivity contribution is 5.93. The van der Waals surface area contributed by atoms with Gasteiger partial charge in [0.15, 0.2) is 0 Å². The van der Waals surface area contributed by atoms with Crippen molar-refractivity contribution in [1.29, 1.82) is 0 Å². The van der Waals surface area contributed by atoms with E-state index >= 15 is 0 Å². The zero-order valence-corrected chi connectivity index (χ0v) is 11.7.